The van der Waals surface area contributed by atoms with Crippen LogP contribution in [0, 0.1) is 6.92 Å². The van der Waals surface area contributed by atoms with Gasteiger partial charge in [-0.05, 0) is 56.5 Å². The Morgan fingerprint density at radius 2 is 1.95 bits per heavy atom. The number of nitrogens with zero attached hydrogens (tertiary/aromatic N) is 6. The van der Waals surface area contributed by atoms with E-state index in [2.05, 4.69) is 20.5 Å². The van der Waals surface area contributed by atoms with Gasteiger partial charge in [0.2, 0.25) is 5.96 Å². The molecule has 218 valence electrons. The number of ether oxygens (including phenoxy) is 2. The molecule has 2 aliphatic rings. The molecule has 3 heterocycles. The Hall–Kier alpha value is -4.33. The van der Waals surface area contributed by atoms with Gasteiger partial charge in [-0.3, -0.25) is 5.43 Å². The summed E-state index contributed by atoms with van der Waals surface area (Å²) >= 11 is 0. The number of hydroxylamine groups is 2. The van der Waals surface area contributed by atoms with E-state index in [9.17, 15) is 18.0 Å². The largest absolute Gasteiger partial charge is 0.494 e. The van der Waals surface area contributed by atoms with Crippen molar-refractivity contribution >= 4 is 17.6 Å². The Labute approximate surface area is 234 Å². The van der Waals surface area contributed by atoms with Crippen LogP contribution in [0.1, 0.15) is 43.5 Å². The third-order valence-corrected chi connectivity index (χ3v) is 6.82. The zero-order valence-electron chi connectivity index (χ0n) is 22.8. The third-order valence-electron chi connectivity index (χ3n) is 6.82. The Kier molecular flexibility index (Phi) is 8.01. The van der Waals surface area contributed by atoms with Crippen molar-refractivity contribution in [3.8, 4) is 17.2 Å². The van der Waals surface area contributed by atoms with Crippen molar-refractivity contribution in [1.29, 1.82) is 0 Å². The standard InChI is InChI=1S/C27H30F3N7O4/c1-4-40-20-11-8-18(9-12-20)21-7-5-6-14-35-24(21)37(41-25(38)27(28,29)30)26(34-35)32-19-10-13-22(23(15-19)39-3)36-16-31-17(2)33-36/h8-13,15-16,21,24H,4-7,14H2,1-3H3,(H,32,34). The zero-order chi connectivity index (χ0) is 29.1. The maximum absolute atomic E-state index is 13.4. The van der Waals surface area contributed by atoms with E-state index in [1.54, 1.807) is 34.8 Å². The number of aromatic nitrogens is 3. The van der Waals surface area contributed by atoms with Crippen LogP contribution in [-0.4, -0.2) is 69.4 Å². The van der Waals surface area contributed by atoms with Crippen LogP contribution in [0.5, 0.6) is 11.5 Å². The molecule has 11 nitrogen and oxygen atoms in total. The summed E-state index contributed by atoms with van der Waals surface area (Å²) in [7, 11) is 1.48. The lowest BCUT2D eigenvalue weighted by atomic mass is 9.91. The highest BCUT2D eigenvalue weighted by molar-refractivity contribution is 5.86. The highest BCUT2D eigenvalue weighted by atomic mass is 19.4. The lowest BCUT2D eigenvalue weighted by molar-refractivity contribution is -0.234. The number of alkyl halides is 3. The van der Waals surface area contributed by atoms with Crippen molar-refractivity contribution in [2.75, 3.05) is 20.3 Å². The molecule has 0 aliphatic carbocycles. The van der Waals surface area contributed by atoms with Gasteiger partial charge in [-0.2, -0.15) is 28.3 Å². The summed E-state index contributed by atoms with van der Waals surface area (Å²) in [5.74, 6) is -1.03. The molecule has 0 spiro atoms. The first kappa shape index (κ1) is 28.2. The molecule has 2 fully saturated rings. The minimum absolute atomic E-state index is 0.0585. The number of aliphatic imine (C=N–C) groups is 1. The maximum atomic E-state index is 13.4. The zero-order valence-corrected chi connectivity index (χ0v) is 22.8. The molecule has 0 radical (unpaired) electrons. The normalized spacial score (nSPS) is 20.3. The van der Waals surface area contributed by atoms with E-state index < -0.39 is 18.3 Å². The van der Waals surface area contributed by atoms with Gasteiger partial charge in [0.25, 0.3) is 0 Å². The summed E-state index contributed by atoms with van der Waals surface area (Å²) in [6, 6.07) is 12.4. The van der Waals surface area contributed by atoms with Gasteiger partial charge in [-0.25, -0.2) is 19.5 Å². The van der Waals surface area contributed by atoms with Gasteiger partial charge in [0.1, 0.15) is 35.5 Å². The number of hydrazine groups is 1. The molecule has 5 rings (SSSR count). The molecule has 3 aromatic rings. The van der Waals surface area contributed by atoms with Crippen LogP contribution in [0.25, 0.3) is 5.69 Å². The third kappa shape index (κ3) is 6.06. The topological polar surface area (TPSA) is 106 Å². The average molecular weight is 574 g/mol. The lowest BCUT2D eigenvalue weighted by Crippen LogP contribution is -2.46. The van der Waals surface area contributed by atoms with Crippen molar-refractivity contribution in [2.24, 2.45) is 4.99 Å². The first-order valence-corrected chi connectivity index (χ1v) is 13.2. The Morgan fingerprint density at radius 3 is 2.61 bits per heavy atom. The first-order valence-electron chi connectivity index (χ1n) is 13.2. The van der Waals surface area contributed by atoms with E-state index in [-0.39, 0.29) is 11.9 Å². The number of hydrogen-bond acceptors (Lipinski definition) is 8. The summed E-state index contributed by atoms with van der Waals surface area (Å²) in [6.45, 7) is 4.65. The predicted octanol–water partition coefficient (Wildman–Crippen LogP) is 4.41. The molecule has 2 atom stereocenters. The summed E-state index contributed by atoms with van der Waals surface area (Å²) < 4.78 is 52.8. The predicted molar refractivity (Wildman–Crippen MR) is 142 cm³/mol. The van der Waals surface area contributed by atoms with Crippen LogP contribution in [0.3, 0.4) is 0 Å². The number of aryl methyl sites for hydroxylation is 1. The number of fused-ring (bicyclic) bond motifs is 1. The van der Waals surface area contributed by atoms with Gasteiger partial charge < -0.3 is 14.3 Å². The van der Waals surface area contributed by atoms with Gasteiger partial charge in [-0.15, -0.1) is 0 Å². The number of halogens is 3. The van der Waals surface area contributed by atoms with Crippen molar-refractivity contribution in [1.82, 2.24) is 30.3 Å². The SMILES string of the molecule is CCOc1ccc(C2CCCCN3NC(=Nc4ccc(-n5cnc(C)n5)c(OC)c4)N(OC(=O)C(F)(F)F)C23)cc1. The van der Waals surface area contributed by atoms with Crippen LogP contribution in [0.4, 0.5) is 18.9 Å². The van der Waals surface area contributed by atoms with E-state index >= 15 is 0 Å². The number of carbonyl (C=O) groups excluding carboxylic acids is 1. The van der Waals surface area contributed by atoms with Crippen molar-refractivity contribution in [2.45, 2.75) is 51.4 Å². The van der Waals surface area contributed by atoms with E-state index in [1.165, 1.54) is 13.4 Å². The second-order valence-corrected chi connectivity index (χ2v) is 9.55. The number of guanidine groups is 1. The maximum Gasteiger partial charge on any atom is 0.493 e. The number of carbonyl (C=O) groups is 1. The highest BCUT2D eigenvalue weighted by Crippen LogP contribution is 2.38. The van der Waals surface area contributed by atoms with Crippen LogP contribution in [-0.2, 0) is 9.63 Å². The fourth-order valence-electron chi connectivity index (χ4n) is 5.00. The summed E-state index contributed by atoms with van der Waals surface area (Å²) in [5, 5.41) is 6.99. The number of rotatable bonds is 7. The molecule has 2 aromatic carbocycles. The second kappa shape index (κ2) is 11.6. The van der Waals surface area contributed by atoms with Crippen molar-refractivity contribution in [3.05, 3.63) is 60.2 Å². The van der Waals surface area contributed by atoms with Crippen LogP contribution in [0.2, 0.25) is 0 Å². The molecule has 2 unspecified atom stereocenters. The summed E-state index contributed by atoms with van der Waals surface area (Å²) in [6.07, 6.45) is -2.16. The van der Waals surface area contributed by atoms with Crippen LogP contribution in [0.15, 0.2) is 53.8 Å². The van der Waals surface area contributed by atoms with E-state index in [4.69, 9.17) is 14.3 Å². The minimum Gasteiger partial charge on any atom is -0.494 e. The smallest absolute Gasteiger partial charge is 0.493 e. The fourth-order valence-corrected chi connectivity index (χ4v) is 5.00. The molecule has 1 aromatic heterocycles. The molecule has 2 saturated heterocycles. The molecule has 0 bridgehead atoms. The van der Waals surface area contributed by atoms with Crippen LogP contribution >= 0.6 is 0 Å². The fraction of sp³-hybridized carbons (Fsp3) is 0.407. The van der Waals surface area contributed by atoms with Gasteiger partial charge in [-0.1, -0.05) is 18.6 Å². The molecule has 41 heavy (non-hydrogen) atoms. The molecular weight excluding hydrogens is 543 g/mol. The van der Waals surface area contributed by atoms with E-state index in [0.29, 0.717) is 48.3 Å². The summed E-state index contributed by atoms with van der Waals surface area (Å²) in [4.78, 5) is 25.8. The van der Waals surface area contributed by atoms with Gasteiger partial charge in [0, 0.05) is 18.5 Å². The lowest BCUT2D eigenvalue weighted by Gasteiger charge is -2.32. The Bertz CT molecular complexity index is 1410. The molecular formula is C27H30F3N7O4. The molecule has 0 saturated carbocycles. The summed E-state index contributed by atoms with van der Waals surface area (Å²) in [5.41, 5.74) is 4.90. The molecule has 14 heteroatoms. The molecule has 1 N–H and O–H groups in total. The first-order chi connectivity index (χ1) is 19.7. The monoisotopic (exact) mass is 573 g/mol. The van der Waals surface area contributed by atoms with E-state index in [0.717, 1.165) is 23.5 Å². The average Bonchev–Trinajstić information content (AvgIpc) is 3.45. The number of hydrogen-bond donors (Lipinski definition) is 1. The van der Waals surface area contributed by atoms with Crippen molar-refractivity contribution in [3.63, 3.8) is 0 Å². The Morgan fingerprint density at radius 1 is 1.17 bits per heavy atom. The molecule has 2 aliphatic heterocycles. The van der Waals surface area contributed by atoms with Gasteiger partial charge in [0.05, 0.1) is 19.4 Å². The Balaban J connectivity index is 1.52. The number of methoxy groups -OCH3 is 1. The highest BCUT2D eigenvalue weighted by Gasteiger charge is 2.50. The molecule has 0 amide bonds. The quantitative estimate of drug-likeness (QED) is 0.440. The number of benzene rings is 2. The van der Waals surface area contributed by atoms with Gasteiger partial charge >= 0.3 is 12.1 Å². The van der Waals surface area contributed by atoms with Crippen molar-refractivity contribution < 1.29 is 32.3 Å². The minimum atomic E-state index is -5.20. The number of nitrogens with one attached hydrogen (secondary N) is 1. The second-order valence-electron chi connectivity index (χ2n) is 9.55. The van der Waals surface area contributed by atoms with Gasteiger partial charge in [0.15, 0.2) is 0 Å². The van der Waals surface area contributed by atoms with E-state index in [1.807, 2.05) is 31.2 Å². The van der Waals surface area contributed by atoms with Crippen LogP contribution < -0.4 is 14.9 Å².